The van der Waals surface area contributed by atoms with Gasteiger partial charge in [-0.25, -0.2) is 0 Å². The fourth-order valence-corrected chi connectivity index (χ4v) is 3.59. The van der Waals surface area contributed by atoms with Crippen molar-refractivity contribution in [1.29, 1.82) is 0 Å². The Morgan fingerprint density at radius 3 is 2.62 bits per heavy atom. The van der Waals surface area contributed by atoms with Crippen molar-refractivity contribution in [3.8, 4) is 5.75 Å². The van der Waals surface area contributed by atoms with Gasteiger partial charge in [0.15, 0.2) is 10.6 Å². The molecule has 0 spiro atoms. The number of ketones is 1. The van der Waals surface area contributed by atoms with E-state index in [0.29, 0.717) is 26.2 Å². The highest BCUT2D eigenvalue weighted by atomic mass is 79.9. The summed E-state index contributed by atoms with van der Waals surface area (Å²) in [4.78, 5) is 29.5. The summed E-state index contributed by atoms with van der Waals surface area (Å²) in [6.45, 7) is 0.131. The summed E-state index contributed by atoms with van der Waals surface area (Å²) in [5.41, 5.74) is 1.06. The summed E-state index contributed by atoms with van der Waals surface area (Å²) in [6, 6.07) is 14.1. The van der Waals surface area contributed by atoms with Gasteiger partial charge >= 0.3 is 0 Å². The molecule has 1 aromatic heterocycles. The number of carbonyl (C=O) groups excluding carboxylic acids is 2. The maximum Gasteiger partial charge on any atom is 0.279 e. The first-order valence-electron chi connectivity index (χ1n) is 7.73. The zero-order valence-electron chi connectivity index (χ0n) is 13.9. The fraction of sp³-hybridized carbons (Fsp3) is 0.105. The van der Waals surface area contributed by atoms with Gasteiger partial charge in [-0.1, -0.05) is 30.3 Å². The molecule has 0 unspecified atom stereocenters. The standard InChI is InChI=1S/C19H15BrN2O3S/c1-25-17-8-7-14(11-15(17)20)18(24)21-19-22(9-10-26-19)12-16(23)13-5-3-2-4-6-13/h2-11H,12H2,1H3. The minimum Gasteiger partial charge on any atom is -0.496 e. The number of hydrogen-bond donors (Lipinski definition) is 0. The average molecular weight is 431 g/mol. The molecule has 0 bridgehead atoms. The van der Waals surface area contributed by atoms with Crippen molar-refractivity contribution in [1.82, 2.24) is 4.57 Å². The third kappa shape index (κ3) is 4.17. The number of thiazole rings is 1. The SMILES string of the molecule is COc1ccc(C(=O)N=c2sccn2CC(=O)c2ccccc2)cc1Br. The van der Waals surface area contributed by atoms with Crippen LogP contribution in [0.3, 0.4) is 0 Å². The molecule has 7 heteroatoms. The second-order valence-corrected chi connectivity index (χ2v) is 7.10. The fourth-order valence-electron chi connectivity index (χ4n) is 2.33. The first-order valence-corrected chi connectivity index (χ1v) is 9.40. The third-order valence-corrected chi connectivity index (χ3v) is 5.08. The minimum absolute atomic E-state index is 0.0370. The Morgan fingerprint density at radius 1 is 1.15 bits per heavy atom. The number of ether oxygens (including phenoxy) is 1. The van der Waals surface area contributed by atoms with Gasteiger partial charge in [0.1, 0.15) is 5.75 Å². The van der Waals surface area contributed by atoms with E-state index in [1.807, 2.05) is 18.2 Å². The molecule has 0 aliphatic carbocycles. The zero-order valence-corrected chi connectivity index (χ0v) is 16.3. The number of amides is 1. The van der Waals surface area contributed by atoms with Crippen molar-refractivity contribution < 1.29 is 14.3 Å². The lowest BCUT2D eigenvalue weighted by atomic mass is 10.1. The number of methoxy groups -OCH3 is 1. The number of hydrogen-bond acceptors (Lipinski definition) is 4. The van der Waals surface area contributed by atoms with Gasteiger partial charge in [0.2, 0.25) is 0 Å². The Bertz CT molecular complexity index is 1010. The lowest BCUT2D eigenvalue weighted by Crippen LogP contribution is -2.21. The molecule has 0 fully saturated rings. The highest BCUT2D eigenvalue weighted by Gasteiger charge is 2.10. The second-order valence-electron chi connectivity index (χ2n) is 5.37. The monoisotopic (exact) mass is 430 g/mol. The van der Waals surface area contributed by atoms with E-state index < -0.39 is 0 Å². The number of benzene rings is 2. The van der Waals surface area contributed by atoms with Crippen molar-refractivity contribution in [2.75, 3.05) is 7.11 Å². The Hall–Kier alpha value is -2.51. The molecule has 3 rings (SSSR count). The largest absolute Gasteiger partial charge is 0.496 e. The molecule has 132 valence electrons. The highest BCUT2D eigenvalue weighted by molar-refractivity contribution is 9.10. The molecular weight excluding hydrogens is 416 g/mol. The molecule has 0 N–H and O–H groups in total. The number of aromatic nitrogens is 1. The van der Waals surface area contributed by atoms with Crippen LogP contribution in [0, 0.1) is 0 Å². The summed E-state index contributed by atoms with van der Waals surface area (Å²) in [6.07, 6.45) is 1.75. The number of halogens is 1. The number of carbonyl (C=O) groups is 2. The number of Topliss-reactive ketones (excluding diaryl/α,β-unsaturated/α-hetero) is 1. The van der Waals surface area contributed by atoms with Gasteiger partial charge in [-0.2, -0.15) is 4.99 Å². The molecule has 2 aromatic carbocycles. The van der Waals surface area contributed by atoms with E-state index in [1.54, 1.807) is 53.6 Å². The molecule has 0 atom stereocenters. The predicted octanol–water partition coefficient (Wildman–Crippen LogP) is 3.94. The molecule has 0 saturated heterocycles. The van der Waals surface area contributed by atoms with Crippen LogP contribution in [0.15, 0.2) is 69.6 Å². The van der Waals surface area contributed by atoms with E-state index >= 15 is 0 Å². The van der Waals surface area contributed by atoms with Crippen LogP contribution in [0.2, 0.25) is 0 Å². The van der Waals surface area contributed by atoms with Gasteiger partial charge in [-0.05, 0) is 34.1 Å². The third-order valence-electron chi connectivity index (χ3n) is 3.67. The Labute approximate surface area is 162 Å². The van der Waals surface area contributed by atoms with Gasteiger partial charge in [0.25, 0.3) is 5.91 Å². The first kappa shape index (κ1) is 18.3. The summed E-state index contributed by atoms with van der Waals surface area (Å²) >= 11 is 4.67. The molecule has 26 heavy (non-hydrogen) atoms. The van der Waals surface area contributed by atoms with Crippen LogP contribution in [0.25, 0.3) is 0 Å². The van der Waals surface area contributed by atoms with Crippen molar-refractivity contribution in [3.63, 3.8) is 0 Å². The molecule has 5 nitrogen and oxygen atoms in total. The van der Waals surface area contributed by atoms with Crippen LogP contribution in [0.5, 0.6) is 5.75 Å². The van der Waals surface area contributed by atoms with Crippen LogP contribution in [-0.4, -0.2) is 23.4 Å². The topological polar surface area (TPSA) is 60.7 Å². The average Bonchev–Trinajstić information content (AvgIpc) is 3.09. The van der Waals surface area contributed by atoms with Crippen LogP contribution >= 0.6 is 27.3 Å². The van der Waals surface area contributed by atoms with Crippen molar-refractivity contribution in [2.24, 2.45) is 4.99 Å². The van der Waals surface area contributed by atoms with E-state index in [4.69, 9.17) is 4.74 Å². The van der Waals surface area contributed by atoms with Gasteiger partial charge in [0.05, 0.1) is 18.1 Å². The molecule has 3 aromatic rings. The molecule has 1 amide bonds. The molecule has 0 aliphatic heterocycles. The first-order chi connectivity index (χ1) is 12.6. The lowest BCUT2D eigenvalue weighted by Gasteiger charge is -2.04. The molecular formula is C19H15BrN2O3S. The maximum absolute atomic E-state index is 12.5. The zero-order chi connectivity index (χ0) is 18.5. The molecule has 0 radical (unpaired) electrons. The minimum atomic E-state index is -0.378. The van der Waals surface area contributed by atoms with Crippen LogP contribution in [0.1, 0.15) is 20.7 Å². The quantitative estimate of drug-likeness (QED) is 0.575. The van der Waals surface area contributed by atoms with E-state index in [2.05, 4.69) is 20.9 Å². The molecule has 0 saturated carbocycles. The summed E-state index contributed by atoms with van der Waals surface area (Å²) in [7, 11) is 1.56. The van der Waals surface area contributed by atoms with Crippen LogP contribution in [0.4, 0.5) is 0 Å². The van der Waals surface area contributed by atoms with E-state index in [1.165, 1.54) is 11.3 Å². The van der Waals surface area contributed by atoms with E-state index in [0.717, 1.165) is 0 Å². The Balaban J connectivity index is 1.84. The summed E-state index contributed by atoms with van der Waals surface area (Å²) in [5, 5.41) is 1.80. The van der Waals surface area contributed by atoms with Crippen molar-refractivity contribution in [3.05, 3.63) is 80.5 Å². The Kier molecular flexibility index (Phi) is 5.80. The predicted molar refractivity (Wildman–Crippen MR) is 104 cm³/mol. The number of rotatable bonds is 5. The van der Waals surface area contributed by atoms with Gasteiger partial charge in [0, 0.05) is 22.7 Å². The summed E-state index contributed by atoms with van der Waals surface area (Å²) in [5.74, 6) is 0.225. The van der Waals surface area contributed by atoms with Gasteiger partial charge < -0.3 is 9.30 Å². The normalized spacial score (nSPS) is 11.4. The van der Waals surface area contributed by atoms with Crippen LogP contribution in [-0.2, 0) is 6.54 Å². The van der Waals surface area contributed by atoms with E-state index in [-0.39, 0.29) is 18.2 Å². The van der Waals surface area contributed by atoms with Crippen molar-refractivity contribution in [2.45, 2.75) is 6.54 Å². The maximum atomic E-state index is 12.5. The van der Waals surface area contributed by atoms with Crippen LogP contribution < -0.4 is 9.54 Å². The smallest absolute Gasteiger partial charge is 0.279 e. The Morgan fingerprint density at radius 2 is 1.92 bits per heavy atom. The summed E-state index contributed by atoms with van der Waals surface area (Å²) < 4.78 is 7.52. The van der Waals surface area contributed by atoms with Gasteiger partial charge in [-0.3, -0.25) is 9.59 Å². The molecule has 1 heterocycles. The lowest BCUT2D eigenvalue weighted by molar-refractivity contribution is 0.0963. The highest BCUT2D eigenvalue weighted by Crippen LogP contribution is 2.25. The second kappa shape index (κ2) is 8.25. The van der Waals surface area contributed by atoms with E-state index in [9.17, 15) is 9.59 Å². The molecule has 0 aliphatic rings. The number of nitrogens with zero attached hydrogens (tertiary/aromatic N) is 2. The van der Waals surface area contributed by atoms with Crippen molar-refractivity contribution >= 4 is 39.0 Å². The van der Waals surface area contributed by atoms with Gasteiger partial charge in [-0.15, -0.1) is 11.3 Å².